The van der Waals surface area contributed by atoms with Crippen LogP contribution in [0.1, 0.15) is 55.0 Å². The summed E-state index contributed by atoms with van der Waals surface area (Å²) in [5.74, 6) is 0.140. The topological polar surface area (TPSA) is 98.3 Å². The highest BCUT2D eigenvalue weighted by Gasteiger charge is 2.31. The number of halogens is 1. The number of para-hydroxylation sites is 1. The molecule has 0 aliphatic carbocycles. The van der Waals surface area contributed by atoms with Crippen LogP contribution in [0.25, 0.3) is 16.6 Å². The Bertz CT molecular complexity index is 1580. The molecule has 4 aromatic rings. The van der Waals surface area contributed by atoms with E-state index in [2.05, 4.69) is 0 Å². The highest BCUT2D eigenvalue weighted by atomic mass is 35.5. The Balaban J connectivity index is 1.97. The van der Waals surface area contributed by atoms with Crippen molar-refractivity contribution in [3.8, 4) is 5.69 Å². The Labute approximate surface area is 225 Å². The molecule has 38 heavy (non-hydrogen) atoms. The van der Waals surface area contributed by atoms with E-state index in [0.717, 1.165) is 5.56 Å². The van der Waals surface area contributed by atoms with Crippen LogP contribution < -0.4 is 5.56 Å². The largest absolute Gasteiger partial charge is 0.328 e. The quantitative estimate of drug-likeness (QED) is 0.190. The molecule has 1 atom stereocenters. The number of amides is 1. The first-order valence-electron chi connectivity index (χ1n) is 12.5. The number of hydrogen-bond acceptors (Lipinski definition) is 5. The maximum absolute atomic E-state index is 13.9. The van der Waals surface area contributed by atoms with Gasteiger partial charge in [0.25, 0.3) is 17.2 Å². The van der Waals surface area contributed by atoms with E-state index in [1.165, 1.54) is 18.2 Å². The van der Waals surface area contributed by atoms with Crippen molar-refractivity contribution in [2.24, 2.45) is 5.92 Å². The molecule has 0 N–H and O–H groups in total. The Morgan fingerprint density at radius 1 is 1.11 bits per heavy atom. The summed E-state index contributed by atoms with van der Waals surface area (Å²) >= 11 is 6.22. The van der Waals surface area contributed by atoms with Gasteiger partial charge >= 0.3 is 0 Å². The van der Waals surface area contributed by atoms with Gasteiger partial charge in [0, 0.05) is 29.3 Å². The van der Waals surface area contributed by atoms with Crippen molar-refractivity contribution in [1.29, 1.82) is 0 Å². The maximum Gasteiger partial charge on any atom is 0.270 e. The third-order valence-electron chi connectivity index (χ3n) is 6.39. The number of non-ortho nitro benzene ring substituents is 1. The van der Waals surface area contributed by atoms with Crippen molar-refractivity contribution in [2.75, 3.05) is 6.54 Å². The molecule has 196 valence electrons. The number of nitrogens with zero attached hydrogens (tertiary/aromatic N) is 4. The molecule has 0 saturated heterocycles. The Kier molecular flexibility index (Phi) is 7.92. The van der Waals surface area contributed by atoms with Crippen LogP contribution in [0.4, 0.5) is 5.69 Å². The van der Waals surface area contributed by atoms with Gasteiger partial charge in [-0.3, -0.25) is 24.3 Å². The Hall–Kier alpha value is -4.04. The zero-order valence-electron chi connectivity index (χ0n) is 21.7. The fourth-order valence-electron chi connectivity index (χ4n) is 4.68. The van der Waals surface area contributed by atoms with E-state index in [0.29, 0.717) is 40.4 Å². The molecule has 1 aromatic heterocycles. The van der Waals surface area contributed by atoms with Crippen LogP contribution in [0.3, 0.4) is 0 Å². The second kappa shape index (κ2) is 11.1. The third kappa shape index (κ3) is 5.31. The summed E-state index contributed by atoms with van der Waals surface area (Å²) in [5.41, 5.74) is 1.73. The van der Waals surface area contributed by atoms with Gasteiger partial charge in [-0.2, -0.15) is 0 Å². The van der Waals surface area contributed by atoms with Gasteiger partial charge in [0.1, 0.15) is 5.82 Å². The van der Waals surface area contributed by atoms with E-state index in [1.807, 2.05) is 33.8 Å². The fourth-order valence-corrected chi connectivity index (χ4v) is 4.91. The summed E-state index contributed by atoms with van der Waals surface area (Å²) in [6.45, 7) is 8.14. The smallest absolute Gasteiger partial charge is 0.270 e. The van der Waals surface area contributed by atoms with Gasteiger partial charge in [0.15, 0.2) is 0 Å². The van der Waals surface area contributed by atoms with E-state index in [1.54, 1.807) is 51.9 Å². The Morgan fingerprint density at radius 2 is 1.84 bits per heavy atom. The second-order valence-corrected chi connectivity index (χ2v) is 10.1. The van der Waals surface area contributed by atoms with Crippen LogP contribution >= 0.6 is 11.6 Å². The lowest BCUT2D eigenvalue weighted by atomic mass is 10.0. The maximum atomic E-state index is 13.9. The third-order valence-corrected chi connectivity index (χ3v) is 6.62. The van der Waals surface area contributed by atoms with Gasteiger partial charge in [-0.25, -0.2) is 4.98 Å². The summed E-state index contributed by atoms with van der Waals surface area (Å²) < 4.78 is 1.57. The SMILES string of the molecule is CCC(c1nc2ccccc2c(=O)n1-c1ccc(Cl)cc1C)N(CC(C)C)C(=O)c1cccc([N+](=O)[O-])c1. The monoisotopic (exact) mass is 532 g/mol. The molecule has 0 radical (unpaired) electrons. The molecule has 0 bridgehead atoms. The van der Waals surface area contributed by atoms with Crippen LogP contribution in [0, 0.1) is 23.0 Å². The van der Waals surface area contributed by atoms with Crippen molar-refractivity contribution in [3.05, 3.63) is 109 Å². The lowest BCUT2D eigenvalue weighted by Gasteiger charge is -2.34. The average molecular weight is 533 g/mol. The minimum Gasteiger partial charge on any atom is -0.328 e. The van der Waals surface area contributed by atoms with Crippen molar-refractivity contribution in [2.45, 2.75) is 40.2 Å². The first-order valence-corrected chi connectivity index (χ1v) is 12.8. The van der Waals surface area contributed by atoms with Gasteiger partial charge in [-0.15, -0.1) is 0 Å². The minimum atomic E-state index is -0.587. The lowest BCUT2D eigenvalue weighted by Crippen LogP contribution is -2.40. The molecule has 1 unspecified atom stereocenters. The number of benzene rings is 3. The predicted octanol–water partition coefficient (Wildman–Crippen LogP) is 6.51. The molecule has 1 amide bonds. The predicted molar refractivity (Wildman–Crippen MR) is 149 cm³/mol. The summed E-state index contributed by atoms with van der Waals surface area (Å²) in [4.78, 5) is 45.3. The van der Waals surface area contributed by atoms with Crippen LogP contribution in [-0.2, 0) is 0 Å². The van der Waals surface area contributed by atoms with Crippen molar-refractivity contribution >= 4 is 34.1 Å². The number of aryl methyl sites for hydroxylation is 1. The molecule has 3 aromatic carbocycles. The minimum absolute atomic E-state index is 0.0876. The number of hydrogen-bond donors (Lipinski definition) is 0. The number of carbonyl (C=O) groups is 1. The number of aromatic nitrogens is 2. The molecule has 0 fully saturated rings. The zero-order valence-corrected chi connectivity index (χ0v) is 22.5. The van der Waals surface area contributed by atoms with Crippen LogP contribution in [0.15, 0.2) is 71.5 Å². The van der Waals surface area contributed by atoms with E-state index in [-0.39, 0.29) is 28.6 Å². The van der Waals surface area contributed by atoms with E-state index >= 15 is 0 Å². The van der Waals surface area contributed by atoms with Crippen LogP contribution in [0.5, 0.6) is 0 Å². The normalized spacial score (nSPS) is 12.1. The molecule has 9 heteroatoms. The van der Waals surface area contributed by atoms with E-state index < -0.39 is 11.0 Å². The fraction of sp³-hybridized carbons (Fsp3) is 0.276. The van der Waals surface area contributed by atoms with Gasteiger partial charge in [0.05, 0.1) is 27.6 Å². The van der Waals surface area contributed by atoms with Gasteiger partial charge < -0.3 is 4.90 Å². The summed E-state index contributed by atoms with van der Waals surface area (Å²) in [6.07, 6.45) is 0.463. The standard InChI is InChI=1S/C29H29ClN4O4/c1-5-25(32(17-18(2)3)28(35)20-9-8-10-22(16-20)34(37)38)27-31-24-12-7-6-11-23(24)29(36)33(27)26-14-13-21(30)15-19(26)4/h6-16,18,25H,5,17H2,1-4H3. The number of rotatable bonds is 8. The van der Waals surface area contributed by atoms with Crippen molar-refractivity contribution < 1.29 is 9.72 Å². The summed E-state index contributed by atoms with van der Waals surface area (Å²) in [7, 11) is 0. The van der Waals surface area contributed by atoms with E-state index in [9.17, 15) is 19.7 Å². The zero-order chi connectivity index (χ0) is 27.6. The molecule has 0 spiro atoms. The molecule has 0 aliphatic heterocycles. The molecule has 4 rings (SSSR count). The molecular formula is C29H29ClN4O4. The number of carbonyl (C=O) groups excluding carboxylic acids is 1. The lowest BCUT2D eigenvalue weighted by molar-refractivity contribution is -0.384. The second-order valence-electron chi connectivity index (χ2n) is 9.64. The first kappa shape index (κ1) is 27.0. The number of nitro benzene ring substituents is 1. The number of fused-ring (bicyclic) bond motifs is 1. The average Bonchev–Trinajstić information content (AvgIpc) is 2.89. The van der Waals surface area contributed by atoms with Crippen molar-refractivity contribution in [1.82, 2.24) is 14.5 Å². The van der Waals surface area contributed by atoms with Gasteiger partial charge in [-0.05, 0) is 61.2 Å². The number of nitro groups is 1. The van der Waals surface area contributed by atoms with Crippen molar-refractivity contribution in [3.63, 3.8) is 0 Å². The molecule has 8 nitrogen and oxygen atoms in total. The Morgan fingerprint density at radius 3 is 2.50 bits per heavy atom. The highest BCUT2D eigenvalue weighted by molar-refractivity contribution is 6.30. The summed E-state index contributed by atoms with van der Waals surface area (Å²) in [6, 6.07) is 17.5. The van der Waals surface area contributed by atoms with Crippen LogP contribution in [-0.4, -0.2) is 31.8 Å². The molecular weight excluding hydrogens is 504 g/mol. The van der Waals surface area contributed by atoms with Gasteiger partial charge in [0.2, 0.25) is 0 Å². The van der Waals surface area contributed by atoms with Crippen LogP contribution in [0.2, 0.25) is 5.02 Å². The molecule has 0 aliphatic rings. The molecule has 1 heterocycles. The molecule has 0 saturated carbocycles. The highest BCUT2D eigenvalue weighted by Crippen LogP contribution is 2.30. The van der Waals surface area contributed by atoms with Gasteiger partial charge in [-0.1, -0.05) is 50.6 Å². The first-order chi connectivity index (χ1) is 18.1. The summed E-state index contributed by atoms with van der Waals surface area (Å²) in [5, 5.41) is 12.4. The van der Waals surface area contributed by atoms with E-state index in [4.69, 9.17) is 16.6 Å².